The summed E-state index contributed by atoms with van der Waals surface area (Å²) in [7, 11) is 0. The van der Waals surface area contributed by atoms with Crippen molar-refractivity contribution in [1.29, 1.82) is 0 Å². The molecule has 0 radical (unpaired) electrons. The second kappa shape index (κ2) is 3.22. The molecule has 0 aliphatic rings. The van der Waals surface area contributed by atoms with Crippen molar-refractivity contribution in [2.24, 2.45) is 5.73 Å². The smallest absolute Gasteiger partial charge is 0.212 e. The van der Waals surface area contributed by atoms with E-state index < -0.39 is 0 Å². The lowest BCUT2D eigenvalue weighted by atomic mass is 11.0. The summed E-state index contributed by atoms with van der Waals surface area (Å²) in [6, 6.07) is 0. The molecule has 1 heterocycles. The van der Waals surface area contributed by atoms with Crippen LogP contribution >= 0.6 is 39.5 Å². The van der Waals surface area contributed by atoms with Crippen LogP contribution in [0.15, 0.2) is 3.92 Å². The predicted octanol–water partition coefficient (Wildman–Crippen LogP) is 0.956. The fourth-order valence-corrected chi connectivity index (χ4v) is 1.55. The van der Waals surface area contributed by atoms with Gasteiger partial charge in [0, 0.05) is 0 Å². The average molecular weight is 239 g/mol. The fraction of sp³-hybridized carbons (Fsp3) is 0. The van der Waals surface area contributed by atoms with Crippen LogP contribution in [0.25, 0.3) is 0 Å². The summed E-state index contributed by atoms with van der Waals surface area (Å²) in [6.07, 6.45) is 0. The molecule has 0 fully saturated rings. The second-order valence-corrected chi connectivity index (χ2v) is 4.04. The first-order valence-electron chi connectivity index (χ1n) is 2.24. The highest BCUT2D eigenvalue weighted by Gasteiger charge is 1.99. The summed E-state index contributed by atoms with van der Waals surface area (Å²) in [5.41, 5.74) is 5.18. The highest BCUT2D eigenvalue weighted by atomic mass is 79.9. The topological polar surface area (TPSA) is 63.8 Å². The Balaban J connectivity index is 2.67. The maximum atomic E-state index is 5.18. The Hall–Kier alpha value is -0.270. The lowest BCUT2D eigenvalue weighted by Gasteiger charge is -1.93. The van der Waals surface area contributed by atoms with Gasteiger partial charge in [-0.1, -0.05) is 11.3 Å². The Morgan fingerprint density at radius 3 is 2.80 bits per heavy atom. The number of halogens is 1. The van der Waals surface area contributed by atoms with Gasteiger partial charge in [0.1, 0.15) is 0 Å². The molecule has 0 aliphatic carbocycles. The number of hydrogen-bond acceptors (Lipinski definition) is 4. The first kappa shape index (κ1) is 7.83. The van der Waals surface area contributed by atoms with Crippen LogP contribution in [0.4, 0.5) is 5.13 Å². The molecule has 4 nitrogen and oxygen atoms in total. The van der Waals surface area contributed by atoms with Crippen molar-refractivity contribution in [2.45, 2.75) is 0 Å². The van der Waals surface area contributed by atoms with Crippen LogP contribution in [-0.4, -0.2) is 15.3 Å². The van der Waals surface area contributed by atoms with Gasteiger partial charge in [0.2, 0.25) is 5.13 Å². The summed E-state index contributed by atoms with van der Waals surface area (Å²) in [5, 5.41) is 10.8. The summed E-state index contributed by atoms with van der Waals surface area (Å²) in [4.78, 5) is 0. The molecular formula is C3H3BrN4S2. The predicted molar refractivity (Wildman–Crippen MR) is 48.0 cm³/mol. The van der Waals surface area contributed by atoms with Gasteiger partial charge in [-0.05, 0) is 28.1 Å². The van der Waals surface area contributed by atoms with Gasteiger partial charge in [-0.2, -0.15) is 0 Å². The molecule has 0 aliphatic heterocycles. The van der Waals surface area contributed by atoms with E-state index in [9.17, 15) is 0 Å². The summed E-state index contributed by atoms with van der Waals surface area (Å²) in [6.45, 7) is 0. The van der Waals surface area contributed by atoms with E-state index in [4.69, 9.17) is 5.73 Å². The highest BCUT2D eigenvalue weighted by molar-refractivity contribution is 9.11. The largest absolute Gasteiger partial charge is 0.376 e. The molecule has 0 amide bonds. The van der Waals surface area contributed by atoms with Gasteiger partial charge in [-0.25, -0.2) is 0 Å². The minimum atomic E-state index is 0.198. The van der Waals surface area contributed by atoms with Crippen LogP contribution in [0, 0.1) is 0 Å². The Labute approximate surface area is 75.0 Å². The number of anilines is 1. The summed E-state index contributed by atoms with van der Waals surface area (Å²) >= 11 is 9.05. The van der Waals surface area contributed by atoms with Gasteiger partial charge >= 0.3 is 0 Å². The first-order chi connectivity index (χ1) is 4.68. The molecule has 0 atom stereocenters. The Morgan fingerprint density at radius 1 is 1.70 bits per heavy atom. The molecule has 0 saturated heterocycles. The van der Waals surface area contributed by atoms with Crippen LogP contribution in [0.1, 0.15) is 0 Å². The van der Waals surface area contributed by atoms with Crippen molar-refractivity contribution in [1.82, 2.24) is 10.2 Å². The molecule has 1 aromatic heterocycles. The number of thiocarbonyl (C=S) groups is 1. The zero-order chi connectivity index (χ0) is 7.56. The van der Waals surface area contributed by atoms with E-state index in [0.717, 1.165) is 0 Å². The van der Waals surface area contributed by atoms with Gasteiger partial charge in [-0.3, -0.25) is 0 Å². The van der Waals surface area contributed by atoms with Gasteiger partial charge in [0.25, 0.3) is 0 Å². The third kappa shape index (κ3) is 2.16. The van der Waals surface area contributed by atoms with E-state index in [0.29, 0.717) is 9.05 Å². The molecule has 0 spiro atoms. The molecule has 54 valence electrons. The second-order valence-electron chi connectivity index (χ2n) is 1.35. The third-order valence-corrected chi connectivity index (χ3v) is 2.00. The van der Waals surface area contributed by atoms with Gasteiger partial charge in [0.15, 0.2) is 9.03 Å². The number of nitrogens with one attached hydrogen (secondary N) is 1. The van der Waals surface area contributed by atoms with E-state index >= 15 is 0 Å². The van der Waals surface area contributed by atoms with Crippen LogP contribution in [0.3, 0.4) is 0 Å². The Morgan fingerprint density at radius 2 is 2.40 bits per heavy atom. The SMILES string of the molecule is NC(=S)Nc1nnc(Br)s1. The Kier molecular flexibility index (Phi) is 2.52. The van der Waals surface area contributed by atoms with Crippen LogP contribution < -0.4 is 11.1 Å². The minimum Gasteiger partial charge on any atom is -0.376 e. The monoisotopic (exact) mass is 238 g/mol. The van der Waals surface area contributed by atoms with E-state index in [1.807, 2.05) is 0 Å². The van der Waals surface area contributed by atoms with Crippen molar-refractivity contribution in [3.8, 4) is 0 Å². The number of nitrogens with zero attached hydrogens (tertiary/aromatic N) is 2. The van der Waals surface area contributed by atoms with Crippen LogP contribution in [-0.2, 0) is 0 Å². The quantitative estimate of drug-likeness (QED) is 0.714. The van der Waals surface area contributed by atoms with Crippen LogP contribution in [0.2, 0.25) is 0 Å². The van der Waals surface area contributed by atoms with Gasteiger partial charge in [0.05, 0.1) is 0 Å². The summed E-state index contributed by atoms with van der Waals surface area (Å²) in [5.74, 6) is 0. The average Bonchev–Trinajstić information content (AvgIpc) is 2.13. The molecule has 7 heteroatoms. The number of hydrogen-bond donors (Lipinski definition) is 2. The van der Waals surface area contributed by atoms with E-state index in [2.05, 4.69) is 43.7 Å². The van der Waals surface area contributed by atoms with Crippen molar-refractivity contribution in [3.05, 3.63) is 3.92 Å². The van der Waals surface area contributed by atoms with Gasteiger partial charge < -0.3 is 11.1 Å². The molecule has 0 aromatic carbocycles. The third-order valence-electron chi connectivity index (χ3n) is 0.630. The molecule has 1 aromatic rings. The Bertz CT molecular complexity index is 246. The molecule has 0 unspecified atom stereocenters. The minimum absolute atomic E-state index is 0.198. The normalized spacial score (nSPS) is 9.30. The van der Waals surface area contributed by atoms with Crippen LogP contribution in [0.5, 0.6) is 0 Å². The first-order valence-corrected chi connectivity index (χ1v) is 4.25. The molecule has 0 saturated carbocycles. The lowest BCUT2D eigenvalue weighted by Crippen LogP contribution is -2.18. The molecule has 1 rings (SSSR count). The molecule has 0 bridgehead atoms. The highest BCUT2D eigenvalue weighted by Crippen LogP contribution is 2.19. The number of aromatic nitrogens is 2. The fourth-order valence-electron chi connectivity index (χ4n) is 0.361. The van der Waals surface area contributed by atoms with Crippen molar-refractivity contribution >= 4 is 49.7 Å². The van der Waals surface area contributed by atoms with E-state index in [-0.39, 0.29) is 5.11 Å². The molecule has 10 heavy (non-hydrogen) atoms. The number of rotatable bonds is 1. The standard InChI is InChI=1S/C3H3BrN4S2/c4-1-7-8-3(10-1)6-2(5)9/h(H3,5,6,8,9). The van der Waals surface area contributed by atoms with Gasteiger partial charge in [-0.15, -0.1) is 10.2 Å². The van der Waals surface area contributed by atoms with Crippen molar-refractivity contribution in [3.63, 3.8) is 0 Å². The van der Waals surface area contributed by atoms with E-state index in [1.165, 1.54) is 11.3 Å². The zero-order valence-electron chi connectivity index (χ0n) is 4.67. The maximum absolute atomic E-state index is 5.18. The molecular weight excluding hydrogens is 236 g/mol. The number of nitrogens with two attached hydrogens (primary N) is 1. The summed E-state index contributed by atoms with van der Waals surface area (Å²) < 4.78 is 0.700. The molecule has 3 N–H and O–H groups in total. The van der Waals surface area contributed by atoms with Crippen molar-refractivity contribution < 1.29 is 0 Å². The van der Waals surface area contributed by atoms with Crippen molar-refractivity contribution in [2.75, 3.05) is 5.32 Å². The van der Waals surface area contributed by atoms with E-state index in [1.54, 1.807) is 0 Å². The lowest BCUT2D eigenvalue weighted by molar-refractivity contribution is 1.08. The maximum Gasteiger partial charge on any atom is 0.212 e. The zero-order valence-corrected chi connectivity index (χ0v) is 7.89.